The highest BCUT2D eigenvalue weighted by Crippen LogP contribution is 2.25. The molecule has 0 aliphatic heterocycles. The second kappa shape index (κ2) is 6.37. The molecule has 0 bridgehead atoms. The normalized spacial score (nSPS) is 13.1. The number of phenols is 1. The van der Waals surface area contributed by atoms with Crippen LogP contribution in [0.1, 0.15) is 37.6 Å². The summed E-state index contributed by atoms with van der Waals surface area (Å²) in [5, 5.41) is 13.1. The van der Waals surface area contributed by atoms with Gasteiger partial charge in [-0.15, -0.1) is 0 Å². The number of alkyl halides is 1. The molecule has 1 aromatic carbocycles. The van der Waals surface area contributed by atoms with Gasteiger partial charge in [-0.25, -0.2) is 4.39 Å². The lowest BCUT2D eigenvalue weighted by atomic mass is 9.85. The van der Waals surface area contributed by atoms with Gasteiger partial charge >= 0.3 is 0 Å². The van der Waals surface area contributed by atoms with E-state index in [0.717, 1.165) is 17.8 Å². The summed E-state index contributed by atoms with van der Waals surface area (Å²) in [5.74, 6) is -1.65. The fourth-order valence-corrected chi connectivity index (χ4v) is 2.26. The molecule has 0 saturated carbocycles. The molecule has 5 heteroatoms. The summed E-state index contributed by atoms with van der Waals surface area (Å²) in [6.07, 6.45) is 0.727. The van der Waals surface area contributed by atoms with Gasteiger partial charge in [0, 0.05) is 11.4 Å². The average Bonchev–Trinajstić information content (AvgIpc) is 2.27. The third kappa shape index (κ3) is 4.20. The van der Waals surface area contributed by atoms with Crippen molar-refractivity contribution >= 4 is 21.8 Å². The van der Waals surface area contributed by atoms with Crippen molar-refractivity contribution in [2.24, 2.45) is 5.41 Å². The molecular formula is C14H19BrFNO2. The highest BCUT2D eigenvalue weighted by atomic mass is 79.9. The van der Waals surface area contributed by atoms with Crippen LogP contribution in [0.5, 0.6) is 5.75 Å². The molecule has 2 N–H and O–H groups in total. The summed E-state index contributed by atoms with van der Waals surface area (Å²) in [6, 6.07) is 3.71. The Morgan fingerprint density at radius 1 is 1.47 bits per heavy atom. The summed E-state index contributed by atoms with van der Waals surface area (Å²) in [5.41, 5.74) is -0.448. The van der Waals surface area contributed by atoms with Crippen LogP contribution in [0.3, 0.4) is 0 Å². The van der Waals surface area contributed by atoms with E-state index in [9.17, 15) is 14.3 Å². The van der Waals surface area contributed by atoms with Crippen LogP contribution in [0, 0.1) is 11.2 Å². The van der Waals surface area contributed by atoms with E-state index >= 15 is 0 Å². The number of carbonyl (C=O) groups excluding carboxylic acids is 1. The Morgan fingerprint density at radius 3 is 2.58 bits per heavy atom. The van der Waals surface area contributed by atoms with E-state index in [1.807, 2.05) is 20.8 Å². The zero-order chi connectivity index (χ0) is 14.6. The predicted octanol–water partition coefficient (Wildman–Crippen LogP) is 3.46. The minimum atomic E-state index is -0.719. The van der Waals surface area contributed by atoms with E-state index in [-0.39, 0.29) is 22.8 Å². The highest BCUT2D eigenvalue weighted by molar-refractivity contribution is 9.09. The maximum absolute atomic E-state index is 13.6. The van der Waals surface area contributed by atoms with Crippen LogP contribution < -0.4 is 5.32 Å². The fourth-order valence-electron chi connectivity index (χ4n) is 1.80. The summed E-state index contributed by atoms with van der Waals surface area (Å²) in [7, 11) is 0. The first kappa shape index (κ1) is 16.0. The molecule has 0 aliphatic carbocycles. The van der Waals surface area contributed by atoms with Crippen molar-refractivity contribution in [2.45, 2.75) is 33.2 Å². The summed E-state index contributed by atoms with van der Waals surface area (Å²) >= 11 is 3.34. The third-order valence-electron chi connectivity index (χ3n) is 2.97. The SMILES string of the molecule is CC(C)(C)C(CCBr)NC(=O)c1c(O)cccc1F. The van der Waals surface area contributed by atoms with E-state index in [1.165, 1.54) is 12.1 Å². The molecule has 19 heavy (non-hydrogen) atoms. The second-order valence-electron chi connectivity index (χ2n) is 5.50. The Hall–Kier alpha value is -1.10. The maximum Gasteiger partial charge on any atom is 0.258 e. The fraction of sp³-hybridized carbons (Fsp3) is 0.500. The molecule has 106 valence electrons. The second-order valence-corrected chi connectivity index (χ2v) is 6.30. The molecule has 3 nitrogen and oxygen atoms in total. The predicted molar refractivity (Wildman–Crippen MR) is 77.2 cm³/mol. The Labute approximate surface area is 121 Å². The minimum Gasteiger partial charge on any atom is -0.507 e. The van der Waals surface area contributed by atoms with Crippen LogP contribution in [0.25, 0.3) is 0 Å². The Kier molecular flexibility index (Phi) is 5.35. The molecular weight excluding hydrogens is 313 g/mol. The highest BCUT2D eigenvalue weighted by Gasteiger charge is 2.27. The van der Waals surface area contributed by atoms with Crippen molar-refractivity contribution in [3.63, 3.8) is 0 Å². The maximum atomic E-state index is 13.6. The first-order valence-corrected chi connectivity index (χ1v) is 7.24. The van der Waals surface area contributed by atoms with Crippen molar-refractivity contribution in [3.8, 4) is 5.75 Å². The molecule has 0 spiro atoms. The third-order valence-corrected chi connectivity index (χ3v) is 3.43. The van der Waals surface area contributed by atoms with Crippen LogP contribution in [0.4, 0.5) is 4.39 Å². The molecule has 1 aromatic rings. The largest absolute Gasteiger partial charge is 0.507 e. The zero-order valence-electron chi connectivity index (χ0n) is 11.3. The lowest BCUT2D eigenvalue weighted by Crippen LogP contribution is -2.44. The topological polar surface area (TPSA) is 49.3 Å². The lowest BCUT2D eigenvalue weighted by Gasteiger charge is -2.31. The van der Waals surface area contributed by atoms with Gasteiger partial charge in [-0.2, -0.15) is 0 Å². The first-order chi connectivity index (χ1) is 8.77. The van der Waals surface area contributed by atoms with Crippen molar-refractivity contribution in [1.82, 2.24) is 5.32 Å². The molecule has 0 saturated heterocycles. The number of phenolic OH excluding ortho intramolecular Hbond substituents is 1. The van der Waals surface area contributed by atoms with Gasteiger partial charge in [-0.1, -0.05) is 42.8 Å². The van der Waals surface area contributed by atoms with Gasteiger partial charge < -0.3 is 10.4 Å². The molecule has 1 amide bonds. The summed E-state index contributed by atoms with van der Waals surface area (Å²) in [4.78, 5) is 12.1. The van der Waals surface area contributed by atoms with Crippen molar-refractivity contribution in [3.05, 3.63) is 29.6 Å². The molecule has 1 atom stereocenters. The number of amides is 1. The molecule has 1 rings (SSSR count). The summed E-state index contributed by atoms with van der Waals surface area (Å²) in [6.45, 7) is 6.01. The van der Waals surface area contributed by atoms with Crippen molar-refractivity contribution in [1.29, 1.82) is 0 Å². The summed E-state index contributed by atoms with van der Waals surface area (Å²) < 4.78 is 13.6. The van der Waals surface area contributed by atoms with E-state index in [2.05, 4.69) is 21.2 Å². The number of benzene rings is 1. The minimum absolute atomic E-state index is 0.113. The van der Waals surface area contributed by atoms with Gasteiger partial charge in [-0.3, -0.25) is 4.79 Å². The average molecular weight is 332 g/mol. The number of hydrogen-bond acceptors (Lipinski definition) is 2. The van der Waals surface area contributed by atoms with E-state index in [0.29, 0.717) is 0 Å². The number of carbonyl (C=O) groups is 1. The number of hydrogen-bond donors (Lipinski definition) is 2. The molecule has 0 fully saturated rings. The van der Waals surface area contributed by atoms with Crippen LogP contribution in [0.15, 0.2) is 18.2 Å². The van der Waals surface area contributed by atoms with Gasteiger partial charge in [-0.05, 0) is 24.0 Å². The van der Waals surface area contributed by atoms with Gasteiger partial charge in [0.05, 0.1) is 0 Å². The number of rotatable bonds is 4. The van der Waals surface area contributed by atoms with E-state index in [1.54, 1.807) is 0 Å². The number of aromatic hydroxyl groups is 1. The van der Waals surface area contributed by atoms with Crippen LogP contribution >= 0.6 is 15.9 Å². The van der Waals surface area contributed by atoms with Gasteiger partial charge in [0.15, 0.2) is 0 Å². The molecule has 0 heterocycles. The van der Waals surface area contributed by atoms with Gasteiger partial charge in [0.2, 0.25) is 0 Å². The van der Waals surface area contributed by atoms with Crippen LogP contribution in [-0.2, 0) is 0 Å². The number of halogens is 2. The molecule has 0 aliphatic rings. The standard InChI is InChI=1S/C14H19BrFNO2/c1-14(2,3)11(7-8-15)17-13(19)12-9(16)5-4-6-10(12)18/h4-6,11,18H,7-8H2,1-3H3,(H,17,19). The van der Waals surface area contributed by atoms with Gasteiger partial charge in [0.1, 0.15) is 17.1 Å². The van der Waals surface area contributed by atoms with E-state index < -0.39 is 11.7 Å². The van der Waals surface area contributed by atoms with Gasteiger partial charge in [0.25, 0.3) is 5.91 Å². The molecule has 0 aromatic heterocycles. The Balaban J connectivity index is 2.95. The Morgan fingerprint density at radius 2 is 2.11 bits per heavy atom. The Bertz CT molecular complexity index is 437. The molecule has 0 radical (unpaired) electrons. The monoisotopic (exact) mass is 331 g/mol. The smallest absolute Gasteiger partial charge is 0.258 e. The lowest BCUT2D eigenvalue weighted by molar-refractivity contribution is 0.0893. The number of nitrogens with one attached hydrogen (secondary N) is 1. The first-order valence-electron chi connectivity index (χ1n) is 6.11. The van der Waals surface area contributed by atoms with Crippen molar-refractivity contribution in [2.75, 3.05) is 5.33 Å². The quantitative estimate of drug-likeness (QED) is 0.830. The van der Waals surface area contributed by atoms with Crippen molar-refractivity contribution < 1.29 is 14.3 Å². The van der Waals surface area contributed by atoms with Crippen LogP contribution in [-0.4, -0.2) is 22.4 Å². The van der Waals surface area contributed by atoms with Crippen LogP contribution in [0.2, 0.25) is 0 Å². The van der Waals surface area contributed by atoms with E-state index in [4.69, 9.17) is 0 Å². The molecule has 1 unspecified atom stereocenters. The zero-order valence-corrected chi connectivity index (χ0v) is 12.9.